The van der Waals surface area contributed by atoms with Gasteiger partial charge in [-0.05, 0) is 37.5 Å². The molecular weight excluding hydrogens is 201 g/mol. The largest absolute Gasteiger partial charge is 0.369 e. The molecule has 0 N–H and O–H groups in total. The Morgan fingerprint density at radius 3 is 2.50 bits per heavy atom. The minimum atomic E-state index is -0.209. The molecule has 0 aromatic heterocycles. The van der Waals surface area contributed by atoms with Gasteiger partial charge in [0, 0.05) is 18.1 Å². The number of halogens is 2. The van der Waals surface area contributed by atoms with Crippen molar-refractivity contribution in [1.82, 2.24) is 0 Å². The van der Waals surface area contributed by atoms with Crippen molar-refractivity contribution >= 4 is 17.3 Å². The molecule has 0 radical (unpaired) electrons. The summed E-state index contributed by atoms with van der Waals surface area (Å²) in [5, 5.41) is 0.461. The molecule has 2 rings (SSSR count). The van der Waals surface area contributed by atoms with E-state index in [9.17, 15) is 4.39 Å². The molecule has 0 spiro atoms. The number of anilines is 1. The Labute approximate surface area is 88.5 Å². The van der Waals surface area contributed by atoms with E-state index in [0.717, 1.165) is 25.9 Å². The smallest absolute Gasteiger partial charge is 0.147 e. The van der Waals surface area contributed by atoms with Crippen LogP contribution in [-0.4, -0.2) is 13.1 Å². The molecule has 0 bridgehead atoms. The SMILES string of the molecule is Fc1cc(Cl)ccc1N1CCCCC1. The first kappa shape index (κ1) is 9.78. The summed E-state index contributed by atoms with van der Waals surface area (Å²) in [5.41, 5.74) is 0.689. The Morgan fingerprint density at radius 1 is 1.14 bits per heavy atom. The lowest BCUT2D eigenvalue weighted by Gasteiger charge is -2.29. The van der Waals surface area contributed by atoms with E-state index < -0.39 is 0 Å². The van der Waals surface area contributed by atoms with Gasteiger partial charge in [-0.3, -0.25) is 0 Å². The van der Waals surface area contributed by atoms with Crippen LogP contribution < -0.4 is 4.90 Å². The third-order valence-corrected chi connectivity index (χ3v) is 2.84. The molecule has 0 amide bonds. The monoisotopic (exact) mass is 213 g/mol. The second-order valence-electron chi connectivity index (χ2n) is 3.64. The highest BCUT2D eigenvalue weighted by Crippen LogP contribution is 2.25. The van der Waals surface area contributed by atoms with Gasteiger partial charge in [0.2, 0.25) is 0 Å². The highest BCUT2D eigenvalue weighted by atomic mass is 35.5. The molecule has 1 aliphatic heterocycles. The second-order valence-corrected chi connectivity index (χ2v) is 4.08. The number of hydrogen-bond donors (Lipinski definition) is 0. The highest BCUT2D eigenvalue weighted by molar-refractivity contribution is 6.30. The first-order chi connectivity index (χ1) is 6.77. The third kappa shape index (κ3) is 2.01. The van der Waals surface area contributed by atoms with Crippen molar-refractivity contribution in [3.8, 4) is 0 Å². The molecular formula is C11H13ClFN. The maximum Gasteiger partial charge on any atom is 0.147 e. The Bertz CT molecular complexity index is 321. The van der Waals surface area contributed by atoms with Crippen molar-refractivity contribution < 1.29 is 4.39 Å². The van der Waals surface area contributed by atoms with Crippen LogP contribution in [0.15, 0.2) is 18.2 Å². The number of hydrogen-bond acceptors (Lipinski definition) is 1. The van der Waals surface area contributed by atoms with Crippen LogP contribution in [-0.2, 0) is 0 Å². The average Bonchev–Trinajstić information content (AvgIpc) is 2.19. The fraction of sp³-hybridized carbons (Fsp3) is 0.455. The molecule has 0 saturated carbocycles. The molecule has 3 heteroatoms. The molecule has 76 valence electrons. The van der Waals surface area contributed by atoms with Gasteiger partial charge in [-0.1, -0.05) is 11.6 Å². The summed E-state index contributed by atoms with van der Waals surface area (Å²) >= 11 is 5.70. The van der Waals surface area contributed by atoms with Crippen LogP contribution in [0.1, 0.15) is 19.3 Å². The molecule has 1 nitrogen and oxygen atoms in total. The standard InChI is InChI=1S/C11H13ClFN/c12-9-4-5-11(10(13)8-9)14-6-2-1-3-7-14/h4-5,8H,1-3,6-7H2. The first-order valence-corrected chi connectivity index (χ1v) is 5.35. The Balaban J connectivity index is 2.22. The minimum Gasteiger partial charge on any atom is -0.369 e. The second kappa shape index (κ2) is 4.18. The molecule has 1 aromatic rings. The van der Waals surface area contributed by atoms with Gasteiger partial charge in [0.15, 0.2) is 0 Å². The van der Waals surface area contributed by atoms with Crippen molar-refractivity contribution in [2.24, 2.45) is 0 Å². The summed E-state index contributed by atoms with van der Waals surface area (Å²) in [4.78, 5) is 2.09. The number of piperidine rings is 1. The first-order valence-electron chi connectivity index (χ1n) is 4.97. The lowest BCUT2D eigenvalue weighted by atomic mass is 10.1. The maximum atomic E-state index is 13.5. The molecule has 0 aliphatic carbocycles. The van der Waals surface area contributed by atoms with Gasteiger partial charge < -0.3 is 4.90 Å². The molecule has 1 heterocycles. The van der Waals surface area contributed by atoms with Crippen LogP contribution in [0, 0.1) is 5.82 Å². The van der Waals surface area contributed by atoms with Crippen LogP contribution >= 0.6 is 11.6 Å². The summed E-state index contributed by atoms with van der Waals surface area (Å²) < 4.78 is 13.5. The average molecular weight is 214 g/mol. The number of benzene rings is 1. The van der Waals surface area contributed by atoms with E-state index in [4.69, 9.17) is 11.6 Å². The van der Waals surface area contributed by atoms with Crippen LogP contribution in [0.5, 0.6) is 0 Å². The molecule has 0 atom stereocenters. The van der Waals surface area contributed by atoms with Gasteiger partial charge in [0.1, 0.15) is 5.82 Å². The zero-order valence-corrected chi connectivity index (χ0v) is 8.73. The van der Waals surface area contributed by atoms with Crippen LogP contribution in [0.3, 0.4) is 0 Å². The van der Waals surface area contributed by atoms with E-state index in [0.29, 0.717) is 10.7 Å². The lowest BCUT2D eigenvalue weighted by molar-refractivity contribution is 0.557. The lowest BCUT2D eigenvalue weighted by Crippen LogP contribution is -2.30. The van der Waals surface area contributed by atoms with E-state index in [-0.39, 0.29) is 5.82 Å². The summed E-state index contributed by atoms with van der Waals surface area (Å²) in [6.45, 7) is 1.91. The minimum absolute atomic E-state index is 0.209. The van der Waals surface area contributed by atoms with Crippen LogP contribution in [0.25, 0.3) is 0 Å². The van der Waals surface area contributed by atoms with E-state index in [1.807, 2.05) is 0 Å². The van der Waals surface area contributed by atoms with Crippen LogP contribution in [0.2, 0.25) is 5.02 Å². The molecule has 1 saturated heterocycles. The molecule has 1 fully saturated rings. The number of nitrogens with zero attached hydrogens (tertiary/aromatic N) is 1. The van der Waals surface area contributed by atoms with E-state index >= 15 is 0 Å². The highest BCUT2D eigenvalue weighted by Gasteiger charge is 2.14. The van der Waals surface area contributed by atoms with Crippen molar-refractivity contribution in [3.63, 3.8) is 0 Å². The predicted octanol–water partition coefficient (Wildman–Crippen LogP) is 3.47. The zero-order valence-electron chi connectivity index (χ0n) is 7.97. The Hall–Kier alpha value is -0.760. The van der Waals surface area contributed by atoms with E-state index in [2.05, 4.69) is 4.90 Å². The van der Waals surface area contributed by atoms with Crippen LogP contribution in [0.4, 0.5) is 10.1 Å². The summed E-state index contributed by atoms with van der Waals surface area (Å²) in [6.07, 6.45) is 3.57. The van der Waals surface area contributed by atoms with Gasteiger partial charge in [-0.2, -0.15) is 0 Å². The van der Waals surface area contributed by atoms with Crippen molar-refractivity contribution in [2.45, 2.75) is 19.3 Å². The fourth-order valence-corrected chi connectivity index (χ4v) is 2.03. The number of rotatable bonds is 1. The molecule has 1 aliphatic rings. The molecule has 0 unspecified atom stereocenters. The van der Waals surface area contributed by atoms with Gasteiger partial charge in [0.05, 0.1) is 5.69 Å². The maximum absolute atomic E-state index is 13.5. The van der Waals surface area contributed by atoms with Crippen molar-refractivity contribution in [3.05, 3.63) is 29.0 Å². The Kier molecular flexibility index (Phi) is 2.92. The van der Waals surface area contributed by atoms with Gasteiger partial charge in [-0.25, -0.2) is 4.39 Å². The third-order valence-electron chi connectivity index (χ3n) is 2.61. The summed E-state index contributed by atoms with van der Waals surface area (Å²) in [7, 11) is 0. The summed E-state index contributed by atoms with van der Waals surface area (Å²) in [6, 6.07) is 4.89. The van der Waals surface area contributed by atoms with Gasteiger partial charge >= 0.3 is 0 Å². The van der Waals surface area contributed by atoms with E-state index in [1.165, 1.54) is 12.5 Å². The van der Waals surface area contributed by atoms with Crippen molar-refractivity contribution in [1.29, 1.82) is 0 Å². The fourth-order valence-electron chi connectivity index (χ4n) is 1.87. The van der Waals surface area contributed by atoms with Crippen molar-refractivity contribution in [2.75, 3.05) is 18.0 Å². The quantitative estimate of drug-likeness (QED) is 0.691. The van der Waals surface area contributed by atoms with Gasteiger partial charge in [-0.15, -0.1) is 0 Å². The summed E-state index contributed by atoms with van der Waals surface area (Å²) in [5.74, 6) is -0.209. The predicted molar refractivity (Wildman–Crippen MR) is 57.5 cm³/mol. The zero-order chi connectivity index (χ0) is 9.97. The Morgan fingerprint density at radius 2 is 1.86 bits per heavy atom. The molecule has 14 heavy (non-hydrogen) atoms. The molecule has 1 aromatic carbocycles. The van der Waals surface area contributed by atoms with Gasteiger partial charge in [0.25, 0.3) is 0 Å². The normalized spacial score (nSPS) is 17.1. The topological polar surface area (TPSA) is 3.24 Å². The van der Waals surface area contributed by atoms with E-state index in [1.54, 1.807) is 12.1 Å².